The Morgan fingerprint density at radius 1 is 1.07 bits per heavy atom. The molecule has 30 heavy (non-hydrogen) atoms. The first kappa shape index (κ1) is 20.4. The molecule has 0 fully saturated rings. The number of H-pyrrole nitrogens is 2. The number of methoxy groups -OCH3 is 1. The third-order valence-corrected chi connectivity index (χ3v) is 5.81. The van der Waals surface area contributed by atoms with Crippen molar-refractivity contribution in [1.82, 2.24) is 9.97 Å². The molecule has 8 heteroatoms. The highest BCUT2D eigenvalue weighted by atomic mass is 79.9. The minimum atomic E-state index is -0.229. The topological polar surface area (TPSA) is 79.1 Å². The van der Waals surface area contributed by atoms with E-state index in [0.717, 1.165) is 32.3 Å². The van der Waals surface area contributed by atoms with Crippen LogP contribution in [-0.2, 0) is 13.2 Å². The quantitative estimate of drug-likeness (QED) is 0.322. The van der Waals surface area contributed by atoms with E-state index in [2.05, 4.69) is 31.2 Å². The van der Waals surface area contributed by atoms with E-state index in [-0.39, 0.29) is 5.69 Å². The Hall–Kier alpha value is -2.90. The summed E-state index contributed by atoms with van der Waals surface area (Å²) in [6, 6.07) is 17.0. The average Bonchev–Trinajstić information content (AvgIpc) is 3.11. The minimum Gasteiger partial charge on any atom is -0.493 e. The number of nitrogens with one attached hydrogen (secondary N) is 3. The SMILES string of the molecule is COc1ccc(Br)c(CNc2ccc3[nH]c(=O)[nH]c3c2)c1OCc1ccccc1Cl. The molecule has 0 aliphatic carbocycles. The van der Waals surface area contributed by atoms with E-state index in [1.807, 2.05) is 54.6 Å². The fourth-order valence-electron chi connectivity index (χ4n) is 3.16. The third-order valence-electron chi connectivity index (χ3n) is 4.70. The molecule has 4 rings (SSSR count). The van der Waals surface area contributed by atoms with Gasteiger partial charge in [-0.1, -0.05) is 45.7 Å². The van der Waals surface area contributed by atoms with Crippen LogP contribution >= 0.6 is 27.5 Å². The van der Waals surface area contributed by atoms with Crippen molar-refractivity contribution in [2.75, 3.05) is 12.4 Å². The molecule has 4 aromatic rings. The number of fused-ring (bicyclic) bond motifs is 1. The number of anilines is 1. The molecule has 6 nitrogen and oxygen atoms in total. The first-order chi connectivity index (χ1) is 14.5. The van der Waals surface area contributed by atoms with Gasteiger partial charge in [0.1, 0.15) is 6.61 Å². The second-order valence-corrected chi connectivity index (χ2v) is 7.89. The van der Waals surface area contributed by atoms with Gasteiger partial charge < -0.3 is 24.8 Å². The van der Waals surface area contributed by atoms with Crippen LogP contribution in [0, 0.1) is 0 Å². The number of halogens is 2. The van der Waals surface area contributed by atoms with E-state index in [1.54, 1.807) is 7.11 Å². The van der Waals surface area contributed by atoms with Gasteiger partial charge in [-0.3, -0.25) is 0 Å². The normalized spacial score (nSPS) is 10.9. The maximum atomic E-state index is 11.5. The lowest BCUT2D eigenvalue weighted by Crippen LogP contribution is -2.06. The molecule has 0 saturated carbocycles. The van der Waals surface area contributed by atoms with Crippen LogP contribution in [0.3, 0.4) is 0 Å². The van der Waals surface area contributed by atoms with Crippen LogP contribution < -0.4 is 20.5 Å². The maximum Gasteiger partial charge on any atom is 0.323 e. The van der Waals surface area contributed by atoms with Crippen LogP contribution in [0.4, 0.5) is 5.69 Å². The summed E-state index contributed by atoms with van der Waals surface area (Å²) < 4.78 is 12.5. The lowest BCUT2D eigenvalue weighted by molar-refractivity contribution is 0.281. The average molecular weight is 489 g/mol. The Bertz CT molecular complexity index is 1250. The Morgan fingerprint density at radius 3 is 2.67 bits per heavy atom. The summed E-state index contributed by atoms with van der Waals surface area (Å²) in [6.45, 7) is 0.797. The summed E-state index contributed by atoms with van der Waals surface area (Å²) in [7, 11) is 1.61. The monoisotopic (exact) mass is 487 g/mol. The summed E-state index contributed by atoms with van der Waals surface area (Å²) in [4.78, 5) is 17.0. The number of ether oxygens (including phenoxy) is 2. The molecule has 154 valence electrons. The van der Waals surface area contributed by atoms with E-state index in [1.165, 1.54) is 0 Å². The maximum absolute atomic E-state index is 11.5. The van der Waals surface area contributed by atoms with Crippen LogP contribution in [0.1, 0.15) is 11.1 Å². The van der Waals surface area contributed by atoms with Gasteiger partial charge in [0.25, 0.3) is 0 Å². The van der Waals surface area contributed by atoms with Gasteiger partial charge in [0.15, 0.2) is 11.5 Å². The molecule has 0 atom stereocenters. The van der Waals surface area contributed by atoms with Gasteiger partial charge >= 0.3 is 5.69 Å². The molecule has 0 radical (unpaired) electrons. The highest BCUT2D eigenvalue weighted by Gasteiger charge is 2.15. The van der Waals surface area contributed by atoms with E-state index in [9.17, 15) is 4.79 Å². The van der Waals surface area contributed by atoms with Gasteiger partial charge in [0.05, 0.1) is 18.1 Å². The smallest absolute Gasteiger partial charge is 0.323 e. The number of aromatic amines is 2. The number of imidazole rings is 1. The van der Waals surface area contributed by atoms with Crippen molar-refractivity contribution in [3.63, 3.8) is 0 Å². The molecule has 0 aliphatic heterocycles. The van der Waals surface area contributed by atoms with E-state index in [0.29, 0.717) is 29.7 Å². The molecule has 0 aliphatic rings. The van der Waals surface area contributed by atoms with Crippen LogP contribution in [0.5, 0.6) is 11.5 Å². The molecule has 0 unspecified atom stereocenters. The van der Waals surface area contributed by atoms with E-state index < -0.39 is 0 Å². The predicted octanol–water partition coefficient (Wildman–Crippen LogP) is 5.47. The van der Waals surface area contributed by atoms with Crippen molar-refractivity contribution in [3.8, 4) is 11.5 Å². The Balaban J connectivity index is 1.59. The van der Waals surface area contributed by atoms with Gasteiger partial charge in [-0.05, 0) is 36.4 Å². The summed E-state index contributed by atoms with van der Waals surface area (Å²) in [5, 5.41) is 4.03. The minimum absolute atomic E-state index is 0.229. The Kier molecular flexibility index (Phi) is 6.01. The fraction of sp³-hybridized carbons (Fsp3) is 0.136. The molecule has 3 N–H and O–H groups in total. The predicted molar refractivity (Wildman–Crippen MR) is 123 cm³/mol. The van der Waals surface area contributed by atoms with Crippen molar-refractivity contribution in [2.24, 2.45) is 0 Å². The summed E-state index contributed by atoms with van der Waals surface area (Å²) in [5.41, 5.74) is 3.94. The summed E-state index contributed by atoms with van der Waals surface area (Å²) >= 11 is 9.88. The second kappa shape index (κ2) is 8.85. The first-order valence-corrected chi connectivity index (χ1v) is 10.4. The zero-order chi connectivity index (χ0) is 21.1. The lowest BCUT2D eigenvalue weighted by atomic mass is 10.1. The zero-order valence-electron chi connectivity index (χ0n) is 16.1. The van der Waals surface area contributed by atoms with Crippen LogP contribution in [-0.4, -0.2) is 17.1 Å². The van der Waals surface area contributed by atoms with Crippen molar-refractivity contribution >= 4 is 44.3 Å². The zero-order valence-corrected chi connectivity index (χ0v) is 18.4. The third kappa shape index (κ3) is 4.32. The number of hydrogen-bond acceptors (Lipinski definition) is 4. The molecular formula is C22H19BrClN3O3. The molecule has 1 aromatic heterocycles. The van der Waals surface area contributed by atoms with Gasteiger partial charge in [0, 0.05) is 32.9 Å². The summed E-state index contributed by atoms with van der Waals surface area (Å²) in [5.74, 6) is 1.27. The second-order valence-electron chi connectivity index (χ2n) is 6.63. The fourth-order valence-corrected chi connectivity index (χ4v) is 3.81. The number of aromatic nitrogens is 2. The van der Waals surface area contributed by atoms with Gasteiger partial charge in [0.2, 0.25) is 0 Å². The number of rotatable bonds is 7. The lowest BCUT2D eigenvalue weighted by Gasteiger charge is -2.18. The summed E-state index contributed by atoms with van der Waals surface area (Å²) in [6.07, 6.45) is 0. The van der Waals surface area contributed by atoms with Gasteiger partial charge in [-0.25, -0.2) is 4.79 Å². The van der Waals surface area contributed by atoms with Crippen LogP contribution in [0.2, 0.25) is 5.02 Å². The highest BCUT2D eigenvalue weighted by Crippen LogP contribution is 2.37. The van der Waals surface area contributed by atoms with E-state index in [4.69, 9.17) is 21.1 Å². The molecule has 1 heterocycles. The molecule has 0 saturated heterocycles. The van der Waals surface area contributed by atoms with Crippen molar-refractivity contribution in [1.29, 1.82) is 0 Å². The van der Waals surface area contributed by atoms with Crippen molar-refractivity contribution in [3.05, 3.63) is 85.7 Å². The largest absolute Gasteiger partial charge is 0.493 e. The van der Waals surface area contributed by atoms with Crippen molar-refractivity contribution < 1.29 is 9.47 Å². The first-order valence-electron chi connectivity index (χ1n) is 9.22. The molecule has 0 amide bonds. The van der Waals surface area contributed by atoms with Crippen LogP contribution in [0.15, 0.2) is 63.9 Å². The molecule has 0 bridgehead atoms. The van der Waals surface area contributed by atoms with Gasteiger partial charge in [-0.15, -0.1) is 0 Å². The molecule has 3 aromatic carbocycles. The number of hydrogen-bond donors (Lipinski definition) is 3. The Morgan fingerprint density at radius 2 is 1.87 bits per heavy atom. The molecular weight excluding hydrogens is 470 g/mol. The standard InChI is InChI=1S/C22H19BrClN3O3/c1-29-20-9-7-16(23)15(21(20)30-12-13-4-2-3-5-17(13)24)11-25-14-6-8-18-19(10-14)27-22(28)26-18/h2-10,25H,11-12H2,1H3,(H2,26,27,28). The van der Waals surface area contributed by atoms with Crippen molar-refractivity contribution in [2.45, 2.75) is 13.2 Å². The number of benzene rings is 3. The Labute approximate surface area is 186 Å². The highest BCUT2D eigenvalue weighted by molar-refractivity contribution is 9.10. The van der Waals surface area contributed by atoms with Gasteiger partial charge in [-0.2, -0.15) is 0 Å². The molecule has 0 spiro atoms. The van der Waals surface area contributed by atoms with Crippen LogP contribution in [0.25, 0.3) is 11.0 Å². The van der Waals surface area contributed by atoms with E-state index >= 15 is 0 Å².